The quantitative estimate of drug-likeness (QED) is 0.826. The van der Waals surface area contributed by atoms with Gasteiger partial charge in [-0.1, -0.05) is 18.2 Å². The van der Waals surface area contributed by atoms with Crippen molar-refractivity contribution in [2.45, 2.75) is 25.7 Å². The third-order valence-corrected chi connectivity index (χ3v) is 4.11. The summed E-state index contributed by atoms with van der Waals surface area (Å²) in [5.74, 6) is 0. The molecular formula is C15H14F3N3OS. The molecule has 1 aliphatic rings. The molecule has 0 saturated carbocycles. The van der Waals surface area contributed by atoms with Crippen LogP contribution in [0.5, 0.6) is 0 Å². The van der Waals surface area contributed by atoms with Crippen LogP contribution < -0.4 is 5.56 Å². The average Bonchev–Trinajstić information content (AvgIpc) is 2.47. The van der Waals surface area contributed by atoms with Crippen molar-refractivity contribution in [2.24, 2.45) is 0 Å². The molecule has 4 nitrogen and oxygen atoms in total. The van der Waals surface area contributed by atoms with Gasteiger partial charge in [-0.05, 0) is 23.8 Å². The van der Waals surface area contributed by atoms with Crippen LogP contribution in [0.15, 0.2) is 29.1 Å². The smallest absolute Gasteiger partial charge is 0.335 e. The van der Waals surface area contributed by atoms with Crippen LogP contribution >= 0.6 is 12.2 Å². The van der Waals surface area contributed by atoms with Gasteiger partial charge in [0.25, 0.3) is 5.56 Å². The van der Waals surface area contributed by atoms with E-state index < -0.39 is 11.7 Å². The van der Waals surface area contributed by atoms with E-state index in [1.165, 1.54) is 12.1 Å². The van der Waals surface area contributed by atoms with Crippen molar-refractivity contribution in [1.82, 2.24) is 14.9 Å². The van der Waals surface area contributed by atoms with Crippen LogP contribution in [0.3, 0.4) is 0 Å². The summed E-state index contributed by atoms with van der Waals surface area (Å²) in [6.45, 7) is 1.00. The summed E-state index contributed by atoms with van der Waals surface area (Å²) in [7, 11) is 0. The highest BCUT2D eigenvalue weighted by molar-refractivity contribution is 7.71. The lowest BCUT2D eigenvalue weighted by Crippen LogP contribution is -2.35. The maximum atomic E-state index is 13.1. The van der Waals surface area contributed by atoms with Gasteiger partial charge in [-0.2, -0.15) is 13.2 Å². The van der Waals surface area contributed by atoms with Gasteiger partial charge in [-0.25, -0.2) is 0 Å². The first-order valence-corrected chi connectivity index (χ1v) is 7.47. The Morgan fingerprint density at radius 3 is 2.70 bits per heavy atom. The first-order chi connectivity index (χ1) is 10.8. The predicted octanol–water partition coefficient (Wildman–Crippen LogP) is 3.01. The van der Waals surface area contributed by atoms with E-state index in [4.69, 9.17) is 12.2 Å². The number of hydrogen-bond acceptors (Lipinski definition) is 3. The van der Waals surface area contributed by atoms with Crippen molar-refractivity contribution in [3.63, 3.8) is 0 Å². The van der Waals surface area contributed by atoms with E-state index in [1.807, 2.05) is 4.90 Å². The van der Waals surface area contributed by atoms with Gasteiger partial charge in [0.2, 0.25) is 0 Å². The molecule has 2 aromatic rings. The minimum absolute atomic E-state index is 0.143. The Kier molecular flexibility index (Phi) is 4.11. The Bertz CT molecular complexity index is 841. The number of benzene rings is 1. The van der Waals surface area contributed by atoms with Gasteiger partial charge in [-0.15, -0.1) is 0 Å². The van der Waals surface area contributed by atoms with Crippen LogP contribution in [0.2, 0.25) is 0 Å². The lowest BCUT2D eigenvalue weighted by atomic mass is 10.0. The fourth-order valence-electron chi connectivity index (χ4n) is 2.82. The molecule has 1 aromatic carbocycles. The Morgan fingerprint density at radius 2 is 1.96 bits per heavy atom. The summed E-state index contributed by atoms with van der Waals surface area (Å²) in [6.07, 6.45) is -3.83. The number of hydrogen-bond donors (Lipinski definition) is 2. The van der Waals surface area contributed by atoms with Gasteiger partial charge < -0.3 is 4.98 Å². The number of H-pyrrole nitrogens is 2. The lowest BCUT2D eigenvalue weighted by Gasteiger charge is -2.28. The van der Waals surface area contributed by atoms with E-state index in [1.54, 1.807) is 6.07 Å². The van der Waals surface area contributed by atoms with E-state index in [2.05, 4.69) is 9.97 Å². The molecule has 1 aromatic heterocycles. The maximum Gasteiger partial charge on any atom is 0.416 e. The number of aromatic amines is 2. The third kappa shape index (κ3) is 3.37. The van der Waals surface area contributed by atoms with Crippen LogP contribution in [0.1, 0.15) is 22.4 Å². The molecule has 0 aliphatic carbocycles. The lowest BCUT2D eigenvalue weighted by molar-refractivity contribution is -0.138. The van der Waals surface area contributed by atoms with Gasteiger partial charge in [0.1, 0.15) is 0 Å². The normalized spacial score (nSPS) is 15.4. The van der Waals surface area contributed by atoms with Crippen molar-refractivity contribution < 1.29 is 13.2 Å². The molecule has 0 unspecified atom stereocenters. The molecule has 0 fully saturated rings. The summed E-state index contributed by atoms with van der Waals surface area (Å²) >= 11 is 4.93. The standard InChI is InChI=1S/C15H14F3N3OS/c16-15(17,18)11-4-2-1-3-9(11)7-21-6-5-12-10(8-21)13(22)20-14(23)19-12/h1-4H,5-8H2,(H2,19,20,22,23). The minimum Gasteiger partial charge on any atom is -0.335 e. The van der Waals surface area contributed by atoms with E-state index >= 15 is 0 Å². The molecule has 122 valence electrons. The number of alkyl halides is 3. The highest BCUT2D eigenvalue weighted by atomic mass is 32.1. The first kappa shape index (κ1) is 15.9. The second-order valence-corrected chi connectivity index (χ2v) is 5.89. The van der Waals surface area contributed by atoms with Crippen molar-refractivity contribution >= 4 is 12.2 Å². The number of aromatic nitrogens is 2. The Labute approximate surface area is 135 Å². The zero-order valence-corrected chi connectivity index (χ0v) is 12.9. The second-order valence-electron chi connectivity index (χ2n) is 5.48. The van der Waals surface area contributed by atoms with Gasteiger partial charge in [-0.3, -0.25) is 14.7 Å². The summed E-state index contributed by atoms with van der Waals surface area (Å²) in [4.78, 5) is 19.2. The van der Waals surface area contributed by atoms with Crippen LogP contribution in [0.25, 0.3) is 0 Å². The van der Waals surface area contributed by atoms with Gasteiger partial charge in [0.05, 0.1) is 11.1 Å². The molecule has 0 bridgehead atoms. The van der Waals surface area contributed by atoms with Gasteiger partial charge in [0.15, 0.2) is 4.77 Å². The zero-order valence-electron chi connectivity index (χ0n) is 12.0. The van der Waals surface area contributed by atoms with Crippen LogP contribution in [-0.2, 0) is 25.7 Å². The molecule has 0 radical (unpaired) electrons. The largest absolute Gasteiger partial charge is 0.416 e. The monoisotopic (exact) mass is 341 g/mol. The summed E-state index contributed by atoms with van der Waals surface area (Å²) < 4.78 is 39.4. The topological polar surface area (TPSA) is 51.9 Å². The Balaban J connectivity index is 1.87. The van der Waals surface area contributed by atoms with Crippen molar-refractivity contribution in [1.29, 1.82) is 0 Å². The summed E-state index contributed by atoms with van der Waals surface area (Å²) in [6, 6.07) is 5.52. The van der Waals surface area contributed by atoms with Crippen molar-refractivity contribution in [3.05, 3.63) is 61.8 Å². The van der Waals surface area contributed by atoms with Crippen molar-refractivity contribution in [3.8, 4) is 0 Å². The highest BCUT2D eigenvalue weighted by Gasteiger charge is 2.33. The number of fused-ring (bicyclic) bond motifs is 1. The summed E-state index contributed by atoms with van der Waals surface area (Å²) in [5.41, 5.74) is 0.599. The molecule has 0 saturated heterocycles. The van der Waals surface area contributed by atoms with E-state index in [0.29, 0.717) is 25.1 Å². The SMILES string of the molecule is O=c1[nH]c(=S)[nH]c2c1CN(Cc1ccccc1C(F)(F)F)CC2. The highest BCUT2D eigenvalue weighted by Crippen LogP contribution is 2.32. The van der Waals surface area contributed by atoms with E-state index in [9.17, 15) is 18.0 Å². The van der Waals surface area contributed by atoms with Gasteiger partial charge in [0, 0.05) is 31.7 Å². The third-order valence-electron chi connectivity index (χ3n) is 3.91. The molecule has 0 spiro atoms. The second kappa shape index (κ2) is 5.93. The van der Waals surface area contributed by atoms with Crippen LogP contribution in [0.4, 0.5) is 13.2 Å². The van der Waals surface area contributed by atoms with Crippen LogP contribution in [-0.4, -0.2) is 21.4 Å². The molecule has 23 heavy (non-hydrogen) atoms. The number of halogens is 3. The number of nitrogens with zero attached hydrogens (tertiary/aromatic N) is 1. The molecule has 1 aliphatic heterocycles. The number of rotatable bonds is 2. The number of nitrogens with one attached hydrogen (secondary N) is 2. The predicted molar refractivity (Wildman–Crippen MR) is 81.5 cm³/mol. The van der Waals surface area contributed by atoms with Crippen molar-refractivity contribution in [2.75, 3.05) is 6.54 Å². The molecule has 2 heterocycles. The summed E-state index contributed by atoms with van der Waals surface area (Å²) in [5, 5.41) is 0. The molecule has 3 rings (SSSR count). The first-order valence-electron chi connectivity index (χ1n) is 7.06. The molecular weight excluding hydrogens is 327 g/mol. The fraction of sp³-hybridized carbons (Fsp3) is 0.333. The van der Waals surface area contributed by atoms with E-state index in [0.717, 1.165) is 11.8 Å². The Morgan fingerprint density at radius 1 is 1.22 bits per heavy atom. The molecule has 8 heteroatoms. The zero-order chi connectivity index (χ0) is 16.6. The maximum absolute atomic E-state index is 13.1. The van der Waals surface area contributed by atoms with Crippen LogP contribution in [0, 0.1) is 4.77 Å². The molecule has 0 atom stereocenters. The molecule has 2 N–H and O–H groups in total. The minimum atomic E-state index is -4.38. The Hall–Kier alpha value is -1.93. The average molecular weight is 341 g/mol. The molecule has 0 amide bonds. The van der Waals surface area contributed by atoms with Gasteiger partial charge >= 0.3 is 6.18 Å². The fourth-order valence-corrected chi connectivity index (χ4v) is 3.04. The van der Waals surface area contributed by atoms with E-state index in [-0.39, 0.29) is 22.4 Å².